The molecule has 5 heteroatoms. The molecule has 0 radical (unpaired) electrons. The van der Waals surface area contributed by atoms with Gasteiger partial charge in [-0.3, -0.25) is 4.90 Å². The van der Waals surface area contributed by atoms with Gasteiger partial charge < -0.3 is 9.63 Å². The highest BCUT2D eigenvalue weighted by atomic mass is 16.5. The summed E-state index contributed by atoms with van der Waals surface area (Å²) in [7, 11) is 0. The van der Waals surface area contributed by atoms with Gasteiger partial charge in [0.05, 0.1) is 13.2 Å². The lowest BCUT2D eigenvalue weighted by molar-refractivity contribution is 0.186. The molecule has 0 saturated carbocycles. The van der Waals surface area contributed by atoms with E-state index in [0.29, 0.717) is 18.9 Å². The van der Waals surface area contributed by atoms with E-state index in [1.54, 1.807) is 0 Å². The molecule has 0 saturated heterocycles. The molecule has 0 unspecified atom stereocenters. The molecule has 0 bridgehead atoms. The molecule has 0 fully saturated rings. The first-order valence-electron chi connectivity index (χ1n) is 4.45. The number of nitrogens with zero attached hydrogens (tertiary/aromatic N) is 3. The lowest BCUT2D eigenvalue weighted by Crippen LogP contribution is -2.27. The summed E-state index contributed by atoms with van der Waals surface area (Å²) in [6, 6.07) is 0. The molecule has 1 aromatic rings. The summed E-state index contributed by atoms with van der Waals surface area (Å²) in [4.78, 5) is 6.01. The Morgan fingerprint density at radius 3 is 2.92 bits per heavy atom. The van der Waals surface area contributed by atoms with E-state index in [1.807, 2.05) is 0 Å². The topological polar surface area (TPSA) is 62.4 Å². The minimum absolute atomic E-state index is 0.165. The summed E-state index contributed by atoms with van der Waals surface area (Å²) < 4.78 is 4.62. The maximum atomic E-state index is 8.79. The Kier molecular flexibility index (Phi) is 4.42. The van der Waals surface area contributed by atoms with E-state index in [9.17, 15) is 0 Å². The normalized spacial score (nSPS) is 11.0. The van der Waals surface area contributed by atoms with Crippen molar-refractivity contribution in [3.05, 3.63) is 12.2 Å². The molecule has 1 heterocycles. The molecule has 0 amide bonds. The molecule has 74 valence electrons. The van der Waals surface area contributed by atoms with Gasteiger partial charge >= 0.3 is 0 Å². The zero-order chi connectivity index (χ0) is 9.52. The van der Waals surface area contributed by atoms with E-state index in [0.717, 1.165) is 13.0 Å². The SMILES string of the molecule is CCCN(CCO)Cc1ncon1. The zero-order valence-electron chi connectivity index (χ0n) is 7.81. The van der Waals surface area contributed by atoms with Gasteiger partial charge in [-0.05, 0) is 13.0 Å². The Bertz CT molecular complexity index is 207. The van der Waals surface area contributed by atoms with Crippen molar-refractivity contribution < 1.29 is 9.63 Å². The minimum Gasteiger partial charge on any atom is -0.395 e. The van der Waals surface area contributed by atoms with Crippen molar-refractivity contribution >= 4 is 0 Å². The van der Waals surface area contributed by atoms with Gasteiger partial charge in [0.1, 0.15) is 0 Å². The summed E-state index contributed by atoms with van der Waals surface area (Å²) in [6.07, 6.45) is 2.37. The average Bonchev–Trinajstić information content (AvgIpc) is 2.58. The van der Waals surface area contributed by atoms with Gasteiger partial charge in [-0.2, -0.15) is 4.98 Å². The highest BCUT2D eigenvalue weighted by molar-refractivity contribution is 4.77. The van der Waals surface area contributed by atoms with Gasteiger partial charge in [-0.25, -0.2) is 0 Å². The Balaban J connectivity index is 2.37. The quantitative estimate of drug-likeness (QED) is 0.689. The Morgan fingerprint density at radius 1 is 1.54 bits per heavy atom. The third-order valence-electron chi connectivity index (χ3n) is 1.73. The van der Waals surface area contributed by atoms with Crippen LogP contribution in [0.2, 0.25) is 0 Å². The molecule has 13 heavy (non-hydrogen) atoms. The number of rotatable bonds is 6. The van der Waals surface area contributed by atoms with Crippen molar-refractivity contribution in [3.8, 4) is 0 Å². The predicted octanol–water partition coefficient (Wildman–Crippen LogP) is 0.274. The first-order valence-corrected chi connectivity index (χ1v) is 4.45. The van der Waals surface area contributed by atoms with Crippen LogP contribution in [-0.2, 0) is 6.54 Å². The number of aliphatic hydroxyl groups excluding tert-OH is 1. The van der Waals surface area contributed by atoms with Gasteiger partial charge in [0.2, 0.25) is 6.39 Å². The van der Waals surface area contributed by atoms with E-state index in [-0.39, 0.29) is 6.61 Å². The fraction of sp³-hybridized carbons (Fsp3) is 0.750. The third-order valence-corrected chi connectivity index (χ3v) is 1.73. The standard InChI is InChI=1S/C8H15N3O2/c1-2-3-11(4-5-12)6-8-9-7-13-10-8/h7,12H,2-6H2,1H3. The van der Waals surface area contributed by atoms with Crippen LogP contribution in [0.15, 0.2) is 10.9 Å². The summed E-state index contributed by atoms with van der Waals surface area (Å²) in [5.41, 5.74) is 0. The van der Waals surface area contributed by atoms with Crippen molar-refractivity contribution in [2.75, 3.05) is 19.7 Å². The average molecular weight is 185 g/mol. The molecule has 0 aliphatic carbocycles. The first-order chi connectivity index (χ1) is 6.36. The van der Waals surface area contributed by atoms with Crippen molar-refractivity contribution in [1.29, 1.82) is 0 Å². The van der Waals surface area contributed by atoms with E-state index < -0.39 is 0 Å². The first kappa shape index (κ1) is 10.1. The summed E-state index contributed by atoms with van der Waals surface area (Å²) in [5.74, 6) is 0.668. The molecule has 0 aliphatic heterocycles. The van der Waals surface area contributed by atoms with Crippen LogP contribution in [0.1, 0.15) is 19.2 Å². The van der Waals surface area contributed by atoms with E-state index in [2.05, 4.69) is 26.5 Å². The van der Waals surface area contributed by atoms with Crippen LogP contribution in [-0.4, -0.2) is 39.8 Å². The van der Waals surface area contributed by atoms with Crippen LogP contribution in [0.3, 0.4) is 0 Å². The van der Waals surface area contributed by atoms with Crippen LogP contribution in [0.4, 0.5) is 0 Å². The van der Waals surface area contributed by atoms with Gasteiger partial charge in [-0.15, -0.1) is 0 Å². The van der Waals surface area contributed by atoms with Crippen LogP contribution >= 0.6 is 0 Å². The Labute approximate surface area is 77.4 Å². The maximum absolute atomic E-state index is 8.79. The van der Waals surface area contributed by atoms with Crippen LogP contribution in [0, 0.1) is 0 Å². The third kappa shape index (κ3) is 3.52. The van der Waals surface area contributed by atoms with Gasteiger partial charge in [0.25, 0.3) is 0 Å². The molecule has 0 aliphatic rings. The molecule has 1 aromatic heterocycles. The van der Waals surface area contributed by atoms with E-state index in [4.69, 9.17) is 5.11 Å². The maximum Gasteiger partial charge on any atom is 0.213 e. The number of aromatic nitrogens is 2. The smallest absolute Gasteiger partial charge is 0.213 e. The van der Waals surface area contributed by atoms with Crippen LogP contribution in [0.5, 0.6) is 0 Å². The second-order valence-electron chi connectivity index (χ2n) is 2.85. The fourth-order valence-electron chi connectivity index (χ4n) is 1.19. The molecule has 1 N–H and O–H groups in total. The second kappa shape index (κ2) is 5.66. The highest BCUT2D eigenvalue weighted by Gasteiger charge is 2.06. The molecular formula is C8H15N3O2. The Morgan fingerprint density at radius 2 is 2.38 bits per heavy atom. The fourth-order valence-corrected chi connectivity index (χ4v) is 1.19. The largest absolute Gasteiger partial charge is 0.395 e. The van der Waals surface area contributed by atoms with Crippen molar-refractivity contribution in [3.63, 3.8) is 0 Å². The van der Waals surface area contributed by atoms with Crippen LogP contribution < -0.4 is 0 Å². The Hall–Kier alpha value is -0.940. The number of aliphatic hydroxyl groups is 1. The highest BCUT2D eigenvalue weighted by Crippen LogP contribution is 1.98. The lowest BCUT2D eigenvalue weighted by Gasteiger charge is -2.17. The van der Waals surface area contributed by atoms with E-state index in [1.165, 1.54) is 6.39 Å². The summed E-state index contributed by atoms with van der Waals surface area (Å²) in [6.45, 7) is 4.50. The molecule has 0 atom stereocenters. The van der Waals surface area contributed by atoms with Crippen molar-refractivity contribution in [1.82, 2.24) is 15.0 Å². The summed E-state index contributed by atoms with van der Waals surface area (Å²) in [5, 5.41) is 12.5. The number of hydrogen-bond donors (Lipinski definition) is 1. The number of hydrogen-bond acceptors (Lipinski definition) is 5. The van der Waals surface area contributed by atoms with Crippen molar-refractivity contribution in [2.45, 2.75) is 19.9 Å². The predicted molar refractivity (Wildman–Crippen MR) is 47.0 cm³/mol. The van der Waals surface area contributed by atoms with Gasteiger partial charge in [0.15, 0.2) is 5.82 Å². The second-order valence-corrected chi connectivity index (χ2v) is 2.85. The van der Waals surface area contributed by atoms with Gasteiger partial charge in [-0.1, -0.05) is 12.1 Å². The zero-order valence-corrected chi connectivity index (χ0v) is 7.81. The van der Waals surface area contributed by atoms with Crippen LogP contribution in [0.25, 0.3) is 0 Å². The van der Waals surface area contributed by atoms with E-state index >= 15 is 0 Å². The molecule has 0 spiro atoms. The minimum atomic E-state index is 0.165. The summed E-state index contributed by atoms with van der Waals surface area (Å²) >= 11 is 0. The van der Waals surface area contributed by atoms with Gasteiger partial charge in [0, 0.05) is 6.54 Å². The molecular weight excluding hydrogens is 170 g/mol. The molecule has 0 aromatic carbocycles. The molecule has 5 nitrogen and oxygen atoms in total. The monoisotopic (exact) mass is 185 g/mol. The van der Waals surface area contributed by atoms with Crippen molar-refractivity contribution in [2.24, 2.45) is 0 Å². The molecule has 1 rings (SSSR count). The lowest BCUT2D eigenvalue weighted by atomic mass is 10.4.